The van der Waals surface area contributed by atoms with E-state index in [4.69, 9.17) is 16.3 Å². The maximum Gasteiger partial charge on any atom is 0.269 e. The molecule has 0 spiro atoms. The third-order valence-corrected chi connectivity index (χ3v) is 5.94. The van der Waals surface area contributed by atoms with E-state index in [9.17, 15) is 10.1 Å². The van der Waals surface area contributed by atoms with Crippen LogP contribution in [0, 0.1) is 17.0 Å². The van der Waals surface area contributed by atoms with Crippen LogP contribution < -0.4 is 4.74 Å². The molecule has 0 amide bonds. The van der Waals surface area contributed by atoms with Crippen LogP contribution in [-0.4, -0.2) is 19.7 Å². The maximum atomic E-state index is 10.9. The van der Waals surface area contributed by atoms with E-state index < -0.39 is 4.92 Å². The predicted octanol–water partition coefficient (Wildman–Crippen LogP) is 6.01. The van der Waals surface area contributed by atoms with Crippen LogP contribution in [0.2, 0.25) is 5.02 Å². The van der Waals surface area contributed by atoms with Gasteiger partial charge in [0.2, 0.25) is 0 Å². The lowest BCUT2D eigenvalue weighted by Gasteiger charge is -2.11. The number of hydrogen-bond acceptors (Lipinski definition) is 6. The molecular weight excluding hydrogens is 448 g/mol. The zero-order valence-corrected chi connectivity index (χ0v) is 18.7. The first-order chi connectivity index (χ1) is 15.5. The highest BCUT2D eigenvalue weighted by Gasteiger charge is 2.16. The molecule has 0 radical (unpaired) electrons. The minimum Gasteiger partial charge on any atom is -0.486 e. The molecule has 4 rings (SSSR count). The Kier molecular flexibility index (Phi) is 6.72. The van der Waals surface area contributed by atoms with Crippen LogP contribution in [0.4, 0.5) is 5.69 Å². The third kappa shape index (κ3) is 5.27. The van der Waals surface area contributed by atoms with E-state index in [1.54, 1.807) is 12.1 Å². The molecule has 0 aliphatic heterocycles. The Balaban J connectivity index is 1.56. The topological polar surface area (TPSA) is 83.1 Å². The molecule has 162 valence electrons. The van der Waals surface area contributed by atoms with Gasteiger partial charge in [-0.15, -0.1) is 10.2 Å². The minimum atomic E-state index is -0.408. The number of ether oxygens (including phenoxy) is 1. The second-order valence-corrected chi connectivity index (χ2v) is 8.40. The lowest BCUT2D eigenvalue weighted by atomic mass is 10.2. The Morgan fingerprint density at radius 1 is 1.00 bits per heavy atom. The molecule has 4 aromatic rings. The molecule has 0 saturated heterocycles. The molecule has 7 nitrogen and oxygen atoms in total. The molecule has 1 heterocycles. The van der Waals surface area contributed by atoms with Crippen LogP contribution in [0.1, 0.15) is 17.0 Å². The molecule has 3 aromatic carbocycles. The van der Waals surface area contributed by atoms with E-state index in [0.29, 0.717) is 21.8 Å². The zero-order chi connectivity index (χ0) is 22.5. The number of hydrogen-bond donors (Lipinski definition) is 0. The van der Waals surface area contributed by atoms with Crippen molar-refractivity contribution in [2.24, 2.45) is 0 Å². The van der Waals surface area contributed by atoms with Crippen LogP contribution in [0.5, 0.6) is 5.75 Å². The van der Waals surface area contributed by atoms with Gasteiger partial charge in [-0.3, -0.25) is 14.7 Å². The molecule has 0 bridgehead atoms. The smallest absolute Gasteiger partial charge is 0.269 e. The monoisotopic (exact) mass is 466 g/mol. The van der Waals surface area contributed by atoms with Gasteiger partial charge < -0.3 is 4.74 Å². The van der Waals surface area contributed by atoms with Crippen LogP contribution in [0.15, 0.2) is 78.0 Å². The van der Waals surface area contributed by atoms with E-state index >= 15 is 0 Å². The molecule has 9 heteroatoms. The van der Waals surface area contributed by atoms with Gasteiger partial charge in [-0.1, -0.05) is 53.2 Å². The van der Waals surface area contributed by atoms with Crippen molar-refractivity contribution in [3.05, 3.63) is 105 Å². The molecule has 0 aliphatic carbocycles. The number of nitro benzene ring substituents is 1. The number of aromatic nitrogens is 3. The lowest BCUT2D eigenvalue weighted by molar-refractivity contribution is -0.384. The highest BCUT2D eigenvalue weighted by molar-refractivity contribution is 7.98. The largest absolute Gasteiger partial charge is 0.486 e. The summed E-state index contributed by atoms with van der Waals surface area (Å²) in [4.78, 5) is 10.4. The summed E-state index contributed by atoms with van der Waals surface area (Å²) in [5.41, 5.74) is 3.04. The summed E-state index contributed by atoms with van der Waals surface area (Å²) in [6.07, 6.45) is 0. The normalized spacial score (nSPS) is 10.8. The fraction of sp³-hybridized carbons (Fsp3) is 0.130. The Bertz CT molecular complexity index is 1210. The Morgan fingerprint density at radius 3 is 2.34 bits per heavy atom. The van der Waals surface area contributed by atoms with E-state index in [1.807, 2.05) is 60.0 Å². The molecule has 32 heavy (non-hydrogen) atoms. The molecule has 0 atom stereocenters. The number of nitro groups is 1. The van der Waals surface area contributed by atoms with Crippen molar-refractivity contribution in [2.45, 2.75) is 24.4 Å². The number of nitrogens with zero attached hydrogens (tertiary/aromatic N) is 4. The van der Waals surface area contributed by atoms with Gasteiger partial charge in [-0.05, 0) is 48.9 Å². The summed E-state index contributed by atoms with van der Waals surface area (Å²) in [6.45, 7) is 2.27. The fourth-order valence-electron chi connectivity index (χ4n) is 2.98. The van der Waals surface area contributed by atoms with Gasteiger partial charge in [0, 0.05) is 28.6 Å². The van der Waals surface area contributed by atoms with Gasteiger partial charge in [0.1, 0.15) is 12.4 Å². The lowest BCUT2D eigenvalue weighted by Crippen LogP contribution is -2.06. The zero-order valence-electron chi connectivity index (χ0n) is 17.1. The van der Waals surface area contributed by atoms with Crippen LogP contribution in [0.3, 0.4) is 0 Å². The molecule has 1 aromatic heterocycles. The Labute approximate surface area is 194 Å². The average Bonchev–Trinajstić information content (AvgIpc) is 3.21. The first-order valence-electron chi connectivity index (χ1n) is 9.75. The van der Waals surface area contributed by atoms with Crippen molar-refractivity contribution in [1.82, 2.24) is 14.8 Å². The number of benzene rings is 3. The number of halogens is 1. The summed E-state index contributed by atoms with van der Waals surface area (Å²) in [5, 5.41) is 20.9. The molecule has 0 saturated carbocycles. The standard InChI is InChI=1S/C23H19ClN4O3S/c1-16-2-12-21(13-3-16)31-14-22-25-26-23(27(22)19-10-6-18(24)7-11-19)32-15-17-4-8-20(9-5-17)28(29)30/h2-13H,14-15H2,1H3. The van der Waals surface area contributed by atoms with Crippen LogP contribution >= 0.6 is 23.4 Å². The SMILES string of the molecule is Cc1ccc(OCc2nnc(SCc3ccc([N+](=O)[O-])cc3)n2-c2ccc(Cl)cc2)cc1. The van der Waals surface area contributed by atoms with Gasteiger partial charge in [-0.25, -0.2) is 0 Å². The molecule has 0 fully saturated rings. The van der Waals surface area contributed by atoms with Crippen LogP contribution in [0.25, 0.3) is 5.69 Å². The second-order valence-electron chi connectivity index (χ2n) is 7.02. The number of thioether (sulfide) groups is 1. The molecule has 0 unspecified atom stereocenters. The predicted molar refractivity (Wildman–Crippen MR) is 125 cm³/mol. The quantitative estimate of drug-likeness (QED) is 0.180. The number of aryl methyl sites for hydroxylation is 1. The van der Waals surface area contributed by atoms with E-state index in [-0.39, 0.29) is 12.3 Å². The van der Waals surface area contributed by atoms with Crippen molar-refractivity contribution < 1.29 is 9.66 Å². The minimum absolute atomic E-state index is 0.0682. The van der Waals surface area contributed by atoms with Crippen molar-refractivity contribution >= 4 is 29.1 Å². The molecule has 0 aliphatic rings. The van der Waals surface area contributed by atoms with Crippen LogP contribution in [-0.2, 0) is 12.4 Å². The number of non-ortho nitro benzene ring substituents is 1. The van der Waals surface area contributed by atoms with Crippen molar-refractivity contribution in [3.63, 3.8) is 0 Å². The van der Waals surface area contributed by atoms with E-state index in [2.05, 4.69) is 10.2 Å². The van der Waals surface area contributed by atoms with Gasteiger partial charge in [-0.2, -0.15) is 0 Å². The third-order valence-electron chi connectivity index (χ3n) is 4.69. The summed E-state index contributed by atoms with van der Waals surface area (Å²) >= 11 is 7.55. The summed E-state index contributed by atoms with van der Waals surface area (Å²) in [5.74, 6) is 1.99. The highest BCUT2D eigenvalue weighted by Crippen LogP contribution is 2.27. The maximum absolute atomic E-state index is 10.9. The average molecular weight is 467 g/mol. The van der Waals surface area contributed by atoms with Gasteiger partial charge in [0.15, 0.2) is 11.0 Å². The Morgan fingerprint density at radius 2 is 1.69 bits per heavy atom. The second kappa shape index (κ2) is 9.84. The molecule has 0 N–H and O–H groups in total. The van der Waals surface area contributed by atoms with Gasteiger partial charge in [0.05, 0.1) is 4.92 Å². The highest BCUT2D eigenvalue weighted by atomic mass is 35.5. The number of rotatable bonds is 8. The fourth-order valence-corrected chi connectivity index (χ4v) is 4.03. The van der Waals surface area contributed by atoms with E-state index in [1.165, 1.54) is 23.9 Å². The summed E-state index contributed by atoms with van der Waals surface area (Å²) < 4.78 is 7.85. The van der Waals surface area contributed by atoms with Gasteiger partial charge in [0.25, 0.3) is 5.69 Å². The summed E-state index contributed by atoms with van der Waals surface area (Å²) in [6, 6.07) is 21.7. The Hall–Kier alpha value is -3.36. The van der Waals surface area contributed by atoms with Crippen molar-refractivity contribution in [1.29, 1.82) is 0 Å². The van der Waals surface area contributed by atoms with Crippen molar-refractivity contribution in [2.75, 3.05) is 0 Å². The first-order valence-corrected chi connectivity index (χ1v) is 11.1. The van der Waals surface area contributed by atoms with E-state index in [0.717, 1.165) is 22.6 Å². The first kappa shape index (κ1) is 21.9. The van der Waals surface area contributed by atoms with Gasteiger partial charge >= 0.3 is 0 Å². The summed E-state index contributed by atoms with van der Waals surface area (Å²) in [7, 11) is 0. The van der Waals surface area contributed by atoms with Crippen molar-refractivity contribution in [3.8, 4) is 11.4 Å². The molecular formula is C23H19ClN4O3S.